The van der Waals surface area contributed by atoms with E-state index in [2.05, 4.69) is 15.9 Å². The molecular weight excluding hydrogens is 356 g/mol. The highest BCUT2D eigenvalue weighted by Gasteiger charge is 2.25. The van der Waals surface area contributed by atoms with Crippen LogP contribution < -0.4 is 4.90 Å². The van der Waals surface area contributed by atoms with Gasteiger partial charge in [0.25, 0.3) is 0 Å². The number of hydrogen-bond donors (Lipinski definition) is 1. The van der Waals surface area contributed by atoms with Gasteiger partial charge in [-0.05, 0) is 49.7 Å². The van der Waals surface area contributed by atoms with Crippen LogP contribution >= 0.6 is 11.8 Å². The van der Waals surface area contributed by atoms with E-state index in [-0.39, 0.29) is 0 Å². The van der Waals surface area contributed by atoms with Gasteiger partial charge in [0.1, 0.15) is 5.75 Å². The maximum atomic E-state index is 12.3. The molecule has 4 nitrogen and oxygen atoms in total. The van der Waals surface area contributed by atoms with Crippen molar-refractivity contribution < 1.29 is 9.90 Å². The lowest BCUT2D eigenvalue weighted by atomic mass is 10.0. The summed E-state index contributed by atoms with van der Waals surface area (Å²) in [6.07, 6.45) is 2.92. The van der Waals surface area contributed by atoms with Crippen molar-refractivity contribution >= 4 is 23.2 Å². The van der Waals surface area contributed by atoms with E-state index in [1.807, 2.05) is 42.1 Å². The number of Topliss-reactive ketones (excluding diaryl/α,β-unsaturated/α-hetero) is 1. The lowest BCUT2D eigenvalue weighted by Gasteiger charge is -2.36. The molecule has 2 aromatic carbocycles. The number of piperazine rings is 1. The molecule has 1 unspecified atom stereocenters. The quantitative estimate of drug-likeness (QED) is 0.845. The largest absolute Gasteiger partial charge is 0.508 e. The van der Waals surface area contributed by atoms with Gasteiger partial charge >= 0.3 is 0 Å². The first-order valence-electron chi connectivity index (χ1n) is 9.74. The lowest BCUT2D eigenvalue weighted by molar-refractivity contribution is 0.0975. The average Bonchev–Trinajstić information content (AvgIpc) is 2.69. The van der Waals surface area contributed by atoms with Gasteiger partial charge in [0.15, 0.2) is 5.78 Å². The number of aromatic hydroxyl groups is 1. The van der Waals surface area contributed by atoms with Crippen molar-refractivity contribution in [3.8, 4) is 5.75 Å². The van der Waals surface area contributed by atoms with Gasteiger partial charge in [-0.3, -0.25) is 9.69 Å². The summed E-state index contributed by atoms with van der Waals surface area (Å²) < 4.78 is 0. The zero-order valence-electron chi connectivity index (χ0n) is 15.5. The van der Waals surface area contributed by atoms with Crippen LogP contribution in [0.15, 0.2) is 53.4 Å². The van der Waals surface area contributed by atoms with Crippen molar-refractivity contribution in [3.05, 3.63) is 54.1 Å². The van der Waals surface area contributed by atoms with Crippen LogP contribution in [0.2, 0.25) is 0 Å². The number of carbonyl (C=O) groups excluding carboxylic acids is 1. The minimum absolute atomic E-state index is 0.303. The number of fused-ring (bicyclic) bond motifs is 1. The molecule has 0 saturated carbocycles. The fourth-order valence-electron chi connectivity index (χ4n) is 3.93. The summed E-state index contributed by atoms with van der Waals surface area (Å²) in [6, 6.07) is 15.5. The topological polar surface area (TPSA) is 43.8 Å². The Balaban J connectivity index is 1.21. The maximum Gasteiger partial charge on any atom is 0.165 e. The molecule has 1 fully saturated rings. The summed E-state index contributed by atoms with van der Waals surface area (Å²) in [5, 5.41) is 9.84. The third-order valence-electron chi connectivity index (χ3n) is 5.48. The van der Waals surface area contributed by atoms with Crippen molar-refractivity contribution in [1.82, 2.24) is 4.90 Å². The molecule has 2 aliphatic rings. The fourth-order valence-corrected chi connectivity index (χ4v) is 5.28. The molecule has 2 heterocycles. The van der Waals surface area contributed by atoms with Crippen molar-refractivity contribution in [2.24, 2.45) is 0 Å². The molecule has 0 aromatic heterocycles. The predicted octanol–water partition coefficient (Wildman–Crippen LogP) is 4.04. The number of anilines is 1. The van der Waals surface area contributed by atoms with Gasteiger partial charge in [0.05, 0.1) is 0 Å². The van der Waals surface area contributed by atoms with E-state index >= 15 is 0 Å². The number of thioether (sulfide) groups is 1. The first kappa shape index (κ1) is 18.4. The molecule has 0 radical (unpaired) electrons. The molecule has 1 saturated heterocycles. The van der Waals surface area contributed by atoms with Gasteiger partial charge in [-0.1, -0.05) is 18.2 Å². The summed E-state index contributed by atoms with van der Waals surface area (Å²) in [6.45, 7) is 5.29. The van der Waals surface area contributed by atoms with Crippen molar-refractivity contribution in [1.29, 1.82) is 0 Å². The predicted molar refractivity (Wildman–Crippen MR) is 111 cm³/mol. The highest BCUT2D eigenvalue weighted by Crippen LogP contribution is 2.37. The Morgan fingerprint density at radius 1 is 1.00 bits per heavy atom. The van der Waals surface area contributed by atoms with E-state index in [9.17, 15) is 9.90 Å². The number of ketones is 1. The van der Waals surface area contributed by atoms with Crippen LogP contribution in [0.3, 0.4) is 0 Å². The van der Waals surface area contributed by atoms with Crippen molar-refractivity contribution in [2.75, 3.05) is 37.6 Å². The van der Waals surface area contributed by atoms with Crippen LogP contribution in [0.25, 0.3) is 0 Å². The summed E-state index contributed by atoms with van der Waals surface area (Å²) >= 11 is 1.88. The van der Waals surface area contributed by atoms with Gasteiger partial charge in [0, 0.05) is 54.0 Å². The molecule has 142 valence electrons. The van der Waals surface area contributed by atoms with E-state index in [4.69, 9.17) is 0 Å². The number of phenolic OH excluding ortho intramolecular Hbond substituents is 1. The molecule has 5 heteroatoms. The standard InChI is InChI=1S/C22H26N2O2S/c25-18-9-7-17(8-10-18)24-14-12-23(13-15-24)11-3-4-19-16-21(26)20-5-1-2-6-22(20)27-19/h1-2,5-10,19,25H,3-4,11-16H2. The summed E-state index contributed by atoms with van der Waals surface area (Å²) in [4.78, 5) is 18.4. The minimum atomic E-state index is 0.303. The molecule has 0 bridgehead atoms. The number of phenols is 1. The Morgan fingerprint density at radius 3 is 2.52 bits per heavy atom. The first-order chi connectivity index (χ1) is 13.2. The molecule has 1 N–H and O–H groups in total. The second kappa shape index (κ2) is 8.36. The monoisotopic (exact) mass is 382 g/mol. The normalized spacial score (nSPS) is 20.5. The third-order valence-corrected chi connectivity index (χ3v) is 6.83. The Morgan fingerprint density at radius 2 is 1.74 bits per heavy atom. The van der Waals surface area contributed by atoms with Crippen LogP contribution in [0.4, 0.5) is 5.69 Å². The Labute approximate surface area is 165 Å². The molecular formula is C22H26N2O2S. The van der Waals surface area contributed by atoms with Crippen molar-refractivity contribution in [2.45, 2.75) is 29.4 Å². The lowest BCUT2D eigenvalue weighted by Crippen LogP contribution is -2.46. The fraction of sp³-hybridized carbons (Fsp3) is 0.409. The zero-order valence-corrected chi connectivity index (χ0v) is 16.3. The number of hydrogen-bond acceptors (Lipinski definition) is 5. The molecule has 1 atom stereocenters. The van der Waals surface area contributed by atoms with Crippen LogP contribution in [-0.2, 0) is 0 Å². The van der Waals surface area contributed by atoms with Crippen LogP contribution in [0.5, 0.6) is 5.75 Å². The second-order valence-electron chi connectivity index (χ2n) is 7.35. The Kier molecular flexibility index (Phi) is 5.69. The number of nitrogens with zero attached hydrogens (tertiary/aromatic N) is 2. The Bertz CT molecular complexity index is 785. The second-order valence-corrected chi connectivity index (χ2v) is 8.69. The van der Waals surface area contributed by atoms with E-state index in [0.717, 1.165) is 56.0 Å². The van der Waals surface area contributed by atoms with Gasteiger partial charge in [-0.2, -0.15) is 0 Å². The van der Waals surface area contributed by atoms with Gasteiger partial charge in [-0.25, -0.2) is 0 Å². The number of carbonyl (C=O) groups is 1. The summed E-state index contributed by atoms with van der Waals surface area (Å²) in [5.74, 6) is 0.621. The summed E-state index contributed by atoms with van der Waals surface area (Å²) in [5.41, 5.74) is 2.09. The van der Waals surface area contributed by atoms with E-state index in [0.29, 0.717) is 23.2 Å². The van der Waals surface area contributed by atoms with Crippen molar-refractivity contribution in [3.63, 3.8) is 0 Å². The number of rotatable bonds is 5. The van der Waals surface area contributed by atoms with E-state index in [1.54, 1.807) is 12.1 Å². The minimum Gasteiger partial charge on any atom is -0.508 e. The maximum absolute atomic E-state index is 12.3. The van der Waals surface area contributed by atoms with Crippen LogP contribution in [0.1, 0.15) is 29.6 Å². The first-order valence-corrected chi connectivity index (χ1v) is 10.6. The van der Waals surface area contributed by atoms with Gasteiger partial charge in [0.2, 0.25) is 0 Å². The van der Waals surface area contributed by atoms with E-state index in [1.165, 1.54) is 5.69 Å². The number of benzene rings is 2. The molecule has 2 aliphatic heterocycles. The SMILES string of the molecule is O=C1CC(CCCN2CCN(c3ccc(O)cc3)CC2)Sc2ccccc21. The summed E-state index contributed by atoms with van der Waals surface area (Å²) in [7, 11) is 0. The average molecular weight is 383 g/mol. The molecule has 0 aliphatic carbocycles. The van der Waals surface area contributed by atoms with Crippen LogP contribution in [-0.4, -0.2) is 53.8 Å². The third kappa shape index (κ3) is 4.47. The van der Waals surface area contributed by atoms with Gasteiger partial charge < -0.3 is 10.0 Å². The van der Waals surface area contributed by atoms with Crippen LogP contribution in [0, 0.1) is 0 Å². The van der Waals surface area contributed by atoms with E-state index < -0.39 is 0 Å². The molecule has 4 rings (SSSR count). The Hall–Kier alpha value is -1.98. The molecule has 2 aromatic rings. The highest BCUT2D eigenvalue weighted by atomic mass is 32.2. The smallest absolute Gasteiger partial charge is 0.165 e. The molecule has 0 spiro atoms. The molecule has 27 heavy (non-hydrogen) atoms. The highest BCUT2D eigenvalue weighted by molar-refractivity contribution is 8.00. The molecule has 0 amide bonds. The zero-order chi connectivity index (χ0) is 18.6. The van der Waals surface area contributed by atoms with Gasteiger partial charge in [-0.15, -0.1) is 11.8 Å².